The number of aromatic nitrogens is 3. The second kappa shape index (κ2) is 6.82. The van der Waals surface area contributed by atoms with Crippen LogP contribution in [0.1, 0.15) is 25.5 Å². The summed E-state index contributed by atoms with van der Waals surface area (Å²) in [5.41, 5.74) is 7.17. The molecule has 1 atom stereocenters. The van der Waals surface area contributed by atoms with E-state index in [-0.39, 0.29) is 17.3 Å². The predicted molar refractivity (Wildman–Crippen MR) is 98.1 cm³/mol. The lowest BCUT2D eigenvalue weighted by atomic mass is 9.82. The minimum atomic E-state index is -4.86. The molecule has 1 unspecified atom stereocenters. The van der Waals surface area contributed by atoms with E-state index in [9.17, 15) is 18.0 Å². The molecule has 1 spiro atoms. The number of amides is 2. The smallest absolute Gasteiger partial charge is 0.402 e. The summed E-state index contributed by atoms with van der Waals surface area (Å²) in [5, 5.41) is 7.35. The number of carbonyl (C=O) groups excluding carboxylic acids is 1. The molecule has 4 heterocycles. The zero-order valence-electron chi connectivity index (χ0n) is 15.8. The SMILES string of the molecule is CCNC(=O)N1CCC2(CCn3nc(-c4cnc(N)c(OC(F)(F)F)c4)cc32)C1. The van der Waals surface area contributed by atoms with Gasteiger partial charge in [-0.15, -0.1) is 13.2 Å². The Bertz CT molecular complexity index is 944. The monoisotopic (exact) mass is 410 g/mol. The van der Waals surface area contributed by atoms with Crippen LogP contribution in [-0.4, -0.2) is 51.7 Å². The fourth-order valence-electron chi connectivity index (χ4n) is 4.13. The van der Waals surface area contributed by atoms with E-state index in [0.717, 1.165) is 18.5 Å². The molecule has 0 bridgehead atoms. The Morgan fingerprint density at radius 3 is 2.83 bits per heavy atom. The lowest BCUT2D eigenvalue weighted by Crippen LogP contribution is -2.40. The lowest BCUT2D eigenvalue weighted by Gasteiger charge is -2.23. The molecule has 2 amide bonds. The third kappa shape index (κ3) is 3.56. The number of carbonyl (C=O) groups is 1. The summed E-state index contributed by atoms with van der Waals surface area (Å²) in [5.74, 6) is -0.899. The Kier molecular flexibility index (Phi) is 4.55. The number of anilines is 1. The average molecular weight is 410 g/mol. The first-order chi connectivity index (χ1) is 13.7. The van der Waals surface area contributed by atoms with Crippen LogP contribution in [0.4, 0.5) is 23.8 Å². The Hall–Kier alpha value is -2.98. The van der Waals surface area contributed by atoms with Crippen molar-refractivity contribution < 1.29 is 22.7 Å². The van der Waals surface area contributed by atoms with Crippen LogP contribution in [0.5, 0.6) is 5.75 Å². The van der Waals surface area contributed by atoms with E-state index in [1.54, 1.807) is 4.90 Å². The minimum Gasteiger partial charge on any atom is -0.402 e. The maximum Gasteiger partial charge on any atom is 0.573 e. The molecule has 0 aromatic carbocycles. The van der Waals surface area contributed by atoms with Gasteiger partial charge in [0.25, 0.3) is 0 Å². The zero-order chi connectivity index (χ0) is 20.8. The first-order valence-electron chi connectivity index (χ1n) is 9.33. The number of urea groups is 1. The number of nitrogen functional groups attached to an aromatic ring is 1. The molecule has 2 aliphatic heterocycles. The second-order valence-electron chi connectivity index (χ2n) is 7.33. The highest BCUT2D eigenvalue weighted by atomic mass is 19.4. The molecule has 2 aliphatic rings. The molecule has 1 saturated heterocycles. The van der Waals surface area contributed by atoms with Crippen LogP contribution in [0.25, 0.3) is 11.3 Å². The summed E-state index contributed by atoms with van der Waals surface area (Å²) >= 11 is 0. The molecule has 0 saturated carbocycles. The molecule has 11 heteroatoms. The Balaban J connectivity index is 1.61. The van der Waals surface area contributed by atoms with Crippen LogP contribution >= 0.6 is 0 Å². The van der Waals surface area contributed by atoms with E-state index in [1.165, 1.54) is 12.3 Å². The van der Waals surface area contributed by atoms with Crippen LogP contribution in [0, 0.1) is 0 Å². The van der Waals surface area contributed by atoms with Gasteiger partial charge in [0, 0.05) is 49.0 Å². The predicted octanol–water partition coefficient (Wildman–Crippen LogP) is 2.50. The van der Waals surface area contributed by atoms with E-state index < -0.39 is 12.1 Å². The van der Waals surface area contributed by atoms with Crippen molar-refractivity contribution in [2.45, 2.75) is 38.1 Å². The van der Waals surface area contributed by atoms with E-state index in [0.29, 0.717) is 37.4 Å². The summed E-state index contributed by atoms with van der Waals surface area (Å²) in [7, 11) is 0. The van der Waals surface area contributed by atoms with Crippen molar-refractivity contribution in [3.63, 3.8) is 0 Å². The maximum absolute atomic E-state index is 12.6. The highest BCUT2D eigenvalue weighted by Gasteiger charge is 2.46. The number of aryl methyl sites for hydroxylation is 1. The number of halogens is 3. The van der Waals surface area contributed by atoms with Gasteiger partial charge >= 0.3 is 12.4 Å². The largest absolute Gasteiger partial charge is 0.573 e. The van der Waals surface area contributed by atoms with Crippen LogP contribution in [0.15, 0.2) is 18.3 Å². The van der Waals surface area contributed by atoms with Crippen LogP contribution in [0.2, 0.25) is 0 Å². The fraction of sp³-hybridized carbons (Fsp3) is 0.500. The van der Waals surface area contributed by atoms with E-state index >= 15 is 0 Å². The molecule has 0 radical (unpaired) electrons. The molecule has 3 N–H and O–H groups in total. The molecule has 2 aromatic rings. The number of rotatable bonds is 3. The van der Waals surface area contributed by atoms with Crippen molar-refractivity contribution >= 4 is 11.8 Å². The quantitative estimate of drug-likeness (QED) is 0.810. The Morgan fingerprint density at radius 1 is 1.34 bits per heavy atom. The fourth-order valence-corrected chi connectivity index (χ4v) is 4.13. The maximum atomic E-state index is 12.6. The van der Waals surface area contributed by atoms with Crippen molar-refractivity contribution in [1.29, 1.82) is 0 Å². The van der Waals surface area contributed by atoms with Gasteiger partial charge in [0.2, 0.25) is 0 Å². The summed E-state index contributed by atoms with van der Waals surface area (Å²) in [6.07, 6.45) is -1.80. The van der Waals surface area contributed by atoms with Crippen LogP contribution < -0.4 is 15.8 Å². The Morgan fingerprint density at radius 2 is 2.10 bits per heavy atom. The van der Waals surface area contributed by atoms with Crippen LogP contribution in [-0.2, 0) is 12.0 Å². The van der Waals surface area contributed by atoms with Gasteiger partial charge in [0.05, 0.1) is 5.69 Å². The molecule has 29 heavy (non-hydrogen) atoms. The van der Waals surface area contributed by atoms with Gasteiger partial charge in [-0.2, -0.15) is 5.10 Å². The summed E-state index contributed by atoms with van der Waals surface area (Å²) in [4.78, 5) is 17.8. The number of likely N-dealkylation sites (tertiary alicyclic amines) is 1. The molecule has 1 fully saturated rings. The summed E-state index contributed by atoms with van der Waals surface area (Å²) in [6, 6.07) is 2.97. The number of fused-ring (bicyclic) bond motifs is 2. The van der Waals surface area contributed by atoms with Gasteiger partial charge in [-0.05, 0) is 31.9 Å². The van der Waals surface area contributed by atoms with Crippen molar-refractivity contribution in [2.24, 2.45) is 0 Å². The number of nitrogens with two attached hydrogens (primary N) is 1. The molecular formula is C18H21F3N6O2. The number of alkyl halides is 3. The van der Waals surface area contributed by atoms with Gasteiger partial charge < -0.3 is 20.7 Å². The number of nitrogens with one attached hydrogen (secondary N) is 1. The highest BCUT2D eigenvalue weighted by Crippen LogP contribution is 2.44. The Labute approximate surface area is 164 Å². The first kappa shape index (κ1) is 19.3. The van der Waals surface area contributed by atoms with Crippen LogP contribution in [0.3, 0.4) is 0 Å². The molecule has 8 nitrogen and oxygen atoms in total. The number of ether oxygens (including phenoxy) is 1. The number of pyridine rings is 1. The van der Waals surface area contributed by atoms with Gasteiger partial charge in [0.1, 0.15) is 0 Å². The van der Waals surface area contributed by atoms with Crippen molar-refractivity contribution in [2.75, 3.05) is 25.4 Å². The third-order valence-electron chi connectivity index (χ3n) is 5.50. The highest BCUT2D eigenvalue weighted by molar-refractivity contribution is 5.75. The number of hydrogen-bond donors (Lipinski definition) is 2. The molecule has 4 rings (SSSR count). The van der Waals surface area contributed by atoms with E-state index in [1.807, 2.05) is 17.7 Å². The lowest BCUT2D eigenvalue weighted by molar-refractivity contribution is -0.274. The van der Waals surface area contributed by atoms with Crippen molar-refractivity contribution in [3.8, 4) is 17.0 Å². The second-order valence-corrected chi connectivity index (χ2v) is 7.33. The van der Waals surface area contributed by atoms with Gasteiger partial charge in [-0.25, -0.2) is 9.78 Å². The summed E-state index contributed by atoms with van der Waals surface area (Å²) in [6.45, 7) is 4.37. The van der Waals surface area contributed by atoms with Crippen molar-refractivity contribution in [3.05, 3.63) is 24.0 Å². The first-order valence-corrected chi connectivity index (χ1v) is 9.33. The zero-order valence-corrected chi connectivity index (χ0v) is 15.8. The number of nitrogens with zero attached hydrogens (tertiary/aromatic N) is 4. The number of hydrogen-bond acceptors (Lipinski definition) is 5. The van der Waals surface area contributed by atoms with Gasteiger partial charge in [0.15, 0.2) is 11.6 Å². The van der Waals surface area contributed by atoms with E-state index in [4.69, 9.17) is 5.73 Å². The summed E-state index contributed by atoms with van der Waals surface area (Å²) < 4.78 is 43.6. The normalized spacial score (nSPS) is 20.9. The molecule has 156 valence electrons. The molecule has 0 aliphatic carbocycles. The van der Waals surface area contributed by atoms with Crippen molar-refractivity contribution in [1.82, 2.24) is 25.0 Å². The van der Waals surface area contributed by atoms with Gasteiger partial charge in [-0.3, -0.25) is 4.68 Å². The average Bonchev–Trinajstić information content (AvgIpc) is 3.33. The standard InChI is InChI=1S/C18H21F3N6O2/c1-2-23-16(28)26-5-3-17(10-26)4-6-27-14(17)8-12(25-27)11-7-13(15(22)24-9-11)29-18(19,20)21/h7-9H,2-6,10H2,1H3,(H2,22,24)(H,23,28). The van der Waals surface area contributed by atoms with E-state index in [2.05, 4.69) is 20.1 Å². The topological polar surface area (TPSA) is 98.3 Å². The third-order valence-corrected chi connectivity index (χ3v) is 5.50. The minimum absolute atomic E-state index is 0.0840. The molecule has 2 aromatic heterocycles. The van der Waals surface area contributed by atoms with Gasteiger partial charge in [-0.1, -0.05) is 0 Å². The molecular weight excluding hydrogens is 389 g/mol.